The van der Waals surface area contributed by atoms with Crippen molar-refractivity contribution in [1.29, 1.82) is 0 Å². The fourth-order valence-corrected chi connectivity index (χ4v) is 4.62. The minimum Gasteiger partial charge on any atom is -0.369 e. The lowest BCUT2D eigenvalue weighted by atomic mass is 9.99. The van der Waals surface area contributed by atoms with Crippen molar-refractivity contribution in [2.45, 2.75) is 24.0 Å². The van der Waals surface area contributed by atoms with E-state index in [1.54, 1.807) is 42.2 Å². The number of H-pyrrole nitrogens is 1. The quantitative estimate of drug-likeness (QED) is 0.540. The van der Waals surface area contributed by atoms with Crippen LogP contribution in [0, 0.1) is 5.82 Å². The van der Waals surface area contributed by atoms with Crippen LogP contribution in [0.5, 0.6) is 0 Å². The Morgan fingerprint density at radius 3 is 2.62 bits per heavy atom. The molecule has 0 aliphatic rings. The number of nitrogens with two attached hydrogens (primary N) is 1. The van der Waals surface area contributed by atoms with E-state index in [1.165, 1.54) is 12.1 Å². The van der Waals surface area contributed by atoms with Crippen molar-refractivity contribution in [3.8, 4) is 0 Å². The SMILES string of the molecule is CC(C)S(=O)(=O)c1cc(C(=CI)c2cccc(F)c2)cc2[nH]c(N)nc12. The Morgan fingerprint density at radius 2 is 2.00 bits per heavy atom. The summed E-state index contributed by atoms with van der Waals surface area (Å²) in [5, 5.41) is -0.611. The average molecular weight is 485 g/mol. The van der Waals surface area contributed by atoms with Gasteiger partial charge in [0.05, 0.1) is 15.7 Å². The molecule has 3 rings (SSSR count). The minimum atomic E-state index is -3.59. The molecule has 5 nitrogen and oxygen atoms in total. The zero-order chi connectivity index (χ0) is 19.1. The number of halogens is 2. The Kier molecular flexibility index (Phi) is 5.07. The van der Waals surface area contributed by atoms with E-state index in [9.17, 15) is 12.8 Å². The predicted octanol–water partition coefficient (Wildman–Crippen LogP) is 4.29. The molecule has 8 heteroatoms. The number of fused-ring (bicyclic) bond motifs is 1. The molecule has 0 bridgehead atoms. The maximum atomic E-state index is 13.7. The van der Waals surface area contributed by atoms with Gasteiger partial charge in [-0.15, -0.1) is 0 Å². The first-order valence-corrected chi connectivity index (χ1v) is 10.6. The van der Waals surface area contributed by atoms with Gasteiger partial charge in [-0.1, -0.05) is 34.7 Å². The first kappa shape index (κ1) is 18.8. The predicted molar refractivity (Wildman–Crippen MR) is 110 cm³/mol. The Labute approximate surface area is 164 Å². The fraction of sp³-hybridized carbons (Fsp3) is 0.167. The first-order valence-electron chi connectivity index (χ1n) is 7.84. The highest BCUT2D eigenvalue weighted by molar-refractivity contribution is 14.1. The Hall–Kier alpha value is -1.94. The summed E-state index contributed by atoms with van der Waals surface area (Å²) in [5.41, 5.74) is 8.57. The molecule has 1 heterocycles. The number of benzene rings is 2. The van der Waals surface area contributed by atoms with Crippen LogP contribution in [0.3, 0.4) is 0 Å². The van der Waals surface area contributed by atoms with Gasteiger partial charge in [0.2, 0.25) is 0 Å². The van der Waals surface area contributed by atoms with Crippen molar-refractivity contribution in [1.82, 2.24) is 9.97 Å². The minimum absolute atomic E-state index is 0.111. The van der Waals surface area contributed by atoms with E-state index in [4.69, 9.17) is 5.73 Å². The molecule has 3 N–H and O–H groups in total. The fourth-order valence-electron chi connectivity index (χ4n) is 2.68. The second-order valence-electron chi connectivity index (χ2n) is 6.12. The number of aromatic amines is 1. The number of nitrogen functional groups attached to an aromatic ring is 1. The lowest BCUT2D eigenvalue weighted by molar-refractivity contribution is 0.588. The van der Waals surface area contributed by atoms with E-state index in [2.05, 4.69) is 32.6 Å². The summed E-state index contributed by atoms with van der Waals surface area (Å²) in [7, 11) is -3.59. The standard InChI is InChI=1S/C18H17FIN3O2S/c1-10(2)26(24,25)16-8-12(7-15-17(16)23-18(21)22-15)14(9-20)11-4-3-5-13(19)6-11/h3-10H,1-2H3,(H3,21,22,23). The zero-order valence-corrected chi connectivity index (χ0v) is 17.1. The van der Waals surface area contributed by atoms with Crippen molar-refractivity contribution >= 4 is 55.0 Å². The summed E-state index contributed by atoms with van der Waals surface area (Å²) in [5.74, 6) is -0.219. The van der Waals surface area contributed by atoms with Gasteiger partial charge >= 0.3 is 0 Å². The first-order chi connectivity index (χ1) is 12.2. The highest BCUT2D eigenvalue weighted by atomic mass is 127. The third-order valence-electron chi connectivity index (χ3n) is 4.05. The topological polar surface area (TPSA) is 88.8 Å². The number of hydrogen-bond acceptors (Lipinski definition) is 4. The molecule has 136 valence electrons. The summed E-state index contributed by atoms with van der Waals surface area (Å²) in [6, 6.07) is 9.51. The molecule has 26 heavy (non-hydrogen) atoms. The molecule has 3 aromatic rings. The molecule has 2 aromatic carbocycles. The summed E-state index contributed by atoms with van der Waals surface area (Å²) in [6.45, 7) is 3.23. The van der Waals surface area contributed by atoms with Crippen LogP contribution in [0.25, 0.3) is 16.6 Å². The third kappa shape index (κ3) is 3.35. The molecule has 0 saturated heterocycles. The van der Waals surface area contributed by atoms with E-state index < -0.39 is 15.1 Å². The second kappa shape index (κ2) is 6.99. The smallest absolute Gasteiger partial charge is 0.198 e. The molecular weight excluding hydrogens is 468 g/mol. The molecule has 0 spiro atoms. The molecule has 0 saturated carbocycles. The van der Waals surface area contributed by atoms with E-state index in [1.807, 2.05) is 0 Å². The molecule has 0 fully saturated rings. The van der Waals surface area contributed by atoms with Crippen LogP contribution in [0.15, 0.2) is 45.4 Å². The molecule has 0 amide bonds. The third-order valence-corrected chi connectivity index (χ3v) is 6.84. The molecule has 0 unspecified atom stereocenters. The van der Waals surface area contributed by atoms with Crippen LogP contribution in [-0.4, -0.2) is 23.6 Å². The Morgan fingerprint density at radius 1 is 1.27 bits per heavy atom. The largest absolute Gasteiger partial charge is 0.369 e. The van der Waals surface area contributed by atoms with Gasteiger partial charge in [-0.2, -0.15) is 0 Å². The van der Waals surface area contributed by atoms with Gasteiger partial charge in [0, 0.05) is 0 Å². The molecule has 0 radical (unpaired) electrons. The van der Waals surface area contributed by atoms with Crippen LogP contribution in [-0.2, 0) is 9.84 Å². The Balaban J connectivity index is 2.31. The van der Waals surface area contributed by atoms with E-state index in [0.29, 0.717) is 27.7 Å². The maximum absolute atomic E-state index is 13.7. The van der Waals surface area contributed by atoms with Crippen LogP contribution in [0.4, 0.5) is 10.3 Å². The van der Waals surface area contributed by atoms with Crippen LogP contribution >= 0.6 is 22.6 Å². The van der Waals surface area contributed by atoms with Crippen molar-refractivity contribution in [3.05, 3.63) is 57.4 Å². The second-order valence-corrected chi connectivity index (χ2v) is 9.21. The van der Waals surface area contributed by atoms with Crippen molar-refractivity contribution in [2.75, 3.05) is 5.73 Å². The zero-order valence-electron chi connectivity index (χ0n) is 14.1. The highest BCUT2D eigenvalue weighted by Crippen LogP contribution is 2.33. The van der Waals surface area contributed by atoms with Gasteiger partial charge in [-0.05, 0) is 58.9 Å². The molecule has 1 aromatic heterocycles. The normalized spacial score (nSPS) is 12.9. The summed E-state index contributed by atoms with van der Waals surface area (Å²) >= 11 is 2.06. The lowest BCUT2D eigenvalue weighted by Gasteiger charge is -2.13. The average Bonchev–Trinajstić information content (AvgIpc) is 2.94. The number of anilines is 1. The van der Waals surface area contributed by atoms with Crippen molar-refractivity contribution < 1.29 is 12.8 Å². The van der Waals surface area contributed by atoms with Gasteiger partial charge in [-0.3, -0.25) is 0 Å². The van der Waals surface area contributed by atoms with Gasteiger partial charge in [0.25, 0.3) is 0 Å². The van der Waals surface area contributed by atoms with Crippen LogP contribution in [0.1, 0.15) is 25.0 Å². The van der Waals surface area contributed by atoms with Crippen LogP contribution < -0.4 is 5.73 Å². The number of nitrogens with one attached hydrogen (secondary N) is 1. The molecular formula is C18H17FIN3O2S. The highest BCUT2D eigenvalue weighted by Gasteiger charge is 2.25. The molecule has 0 aliphatic heterocycles. The monoisotopic (exact) mass is 485 g/mol. The van der Waals surface area contributed by atoms with Gasteiger partial charge in [0.1, 0.15) is 11.3 Å². The van der Waals surface area contributed by atoms with E-state index in [0.717, 1.165) is 0 Å². The maximum Gasteiger partial charge on any atom is 0.198 e. The van der Waals surface area contributed by atoms with E-state index >= 15 is 0 Å². The number of hydrogen-bond donors (Lipinski definition) is 2. The molecule has 0 atom stereocenters. The van der Waals surface area contributed by atoms with Gasteiger partial charge < -0.3 is 10.7 Å². The van der Waals surface area contributed by atoms with Gasteiger partial charge in [0.15, 0.2) is 15.8 Å². The number of aromatic nitrogens is 2. The number of imidazole rings is 1. The summed E-state index contributed by atoms with van der Waals surface area (Å²) < 4.78 is 41.1. The number of sulfone groups is 1. The summed E-state index contributed by atoms with van der Waals surface area (Å²) in [4.78, 5) is 7.14. The van der Waals surface area contributed by atoms with Crippen molar-refractivity contribution in [3.63, 3.8) is 0 Å². The van der Waals surface area contributed by atoms with Crippen molar-refractivity contribution in [2.24, 2.45) is 0 Å². The number of rotatable bonds is 4. The van der Waals surface area contributed by atoms with Gasteiger partial charge in [-0.25, -0.2) is 17.8 Å². The lowest BCUT2D eigenvalue weighted by Crippen LogP contribution is -2.15. The van der Waals surface area contributed by atoms with E-state index in [-0.39, 0.29) is 16.7 Å². The summed E-state index contributed by atoms with van der Waals surface area (Å²) in [6.07, 6.45) is 0. The Bertz CT molecular complexity index is 1120. The van der Waals surface area contributed by atoms with Crippen LogP contribution in [0.2, 0.25) is 0 Å². The number of nitrogens with zero attached hydrogens (tertiary/aromatic N) is 1. The molecule has 0 aliphatic carbocycles.